The minimum Gasteiger partial charge on any atom is -0.462 e. The van der Waals surface area contributed by atoms with Crippen LogP contribution in [0.1, 0.15) is 93.9 Å². The Balaban J connectivity index is 1.64. The fraction of sp³-hybridized carbons (Fsp3) is 0.833. The van der Waals surface area contributed by atoms with E-state index in [0.717, 1.165) is 0 Å². The fourth-order valence-electron chi connectivity index (χ4n) is 8.51. The molecule has 17 nitrogen and oxygen atoms in total. The first-order valence-electron chi connectivity index (χ1n) is 20.7. The van der Waals surface area contributed by atoms with Gasteiger partial charge in [-0.15, -0.1) is 0 Å². The van der Waals surface area contributed by atoms with Gasteiger partial charge in [0, 0.05) is 45.6 Å². The Kier molecular flexibility index (Phi) is 17.6. The van der Waals surface area contributed by atoms with Crippen LogP contribution in [0.15, 0.2) is 12.2 Å². The zero-order valence-electron chi connectivity index (χ0n) is 36.3. The Bertz CT molecular complexity index is 1470. The van der Waals surface area contributed by atoms with Crippen LogP contribution in [0.5, 0.6) is 0 Å². The van der Waals surface area contributed by atoms with E-state index in [4.69, 9.17) is 42.6 Å². The van der Waals surface area contributed by atoms with Gasteiger partial charge in [0.25, 0.3) is 0 Å². The van der Waals surface area contributed by atoms with Crippen molar-refractivity contribution in [3.05, 3.63) is 12.2 Å². The monoisotopic (exact) mass is 841 g/mol. The molecular formula is C42H67NO16. The molecule has 0 unspecified atom stereocenters. The predicted molar refractivity (Wildman–Crippen MR) is 208 cm³/mol. The fourth-order valence-corrected chi connectivity index (χ4v) is 8.51. The van der Waals surface area contributed by atoms with Crippen molar-refractivity contribution >= 4 is 30.0 Å². The third kappa shape index (κ3) is 13.3. The molecule has 4 aliphatic heterocycles. The van der Waals surface area contributed by atoms with Gasteiger partial charge in [-0.1, -0.05) is 20.8 Å². The van der Waals surface area contributed by atoms with Crippen LogP contribution in [0.25, 0.3) is 0 Å². The number of ether oxygens (including phenoxy) is 9. The van der Waals surface area contributed by atoms with Gasteiger partial charge in [0.05, 0.1) is 36.9 Å². The quantitative estimate of drug-likeness (QED) is 0.125. The second-order valence-corrected chi connectivity index (χ2v) is 17.5. The predicted octanol–water partition coefficient (Wildman–Crippen LogP) is 2.43. The molecule has 0 saturated carbocycles. The number of fused-ring (bicyclic) bond motifs is 1. The molecule has 3 fully saturated rings. The molecule has 4 aliphatic rings. The highest BCUT2D eigenvalue weighted by Crippen LogP contribution is 2.38. The van der Waals surface area contributed by atoms with Crippen molar-refractivity contribution in [3.8, 4) is 0 Å². The van der Waals surface area contributed by atoms with Crippen LogP contribution in [0, 0.1) is 17.8 Å². The second-order valence-electron chi connectivity index (χ2n) is 17.5. The van der Waals surface area contributed by atoms with Crippen LogP contribution in [-0.2, 0) is 66.6 Å². The number of esters is 3. The lowest BCUT2D eigenvalue weighted by Gasteiger charge is -2.50. The highest BCUT2D eigenvalue weighted by atomic mass is 16.7. The van der Waals surface area contributed by atoms with E-state index in [1.54, 1.807) is 59.7 Å². The summed E-state index contributed by atoms with van der Waals surface area (Å²) < 4.78 is 54.2. The summed E-state index contributed by atoms with van der Waals surface area (Å²) in [6.07, 6.45) is -7.99. The first kappa shape index (κ1) is 48.8. The number of epoxide rings is 1. The van der Waals surface area contributed by atoms with E-state index in [1.165, 1.54) is 20.1 Å². The van der Waals surface area contributed by atoms with Gasteiger partial charge in [-0.2, -0.15) is 0 Å². The summed E-state index contributed by atoms with van der Waals surface area (Å²) in [4.78, 5) is 65.8. The molecule has 0 amide bonds. The lowest BCUT2D eigenvalue weighted by atomic mass is 9.83. The average molecular weight is 842 g/mol. The maximum atomic E-state index is 13.4. The zero-order valence-corrected chi connectivity index (χ0v) is 36.3. The first-order chi connectivity index (χ1) is 27.6. The van der Waals surface area contributed by atoms with Crippen molar-refractivity contribution in [2.75, 3.05) is 21.2 Å². The molecule has 0 aromatic rings. The highest BCUT2D eigenvalue weighted by molar-refractivity contribution is 5.91. The van der Waals surface area contributed by atoms with Crippen molar-refractivity contribution in [1.29, 1.82) is 0 Å². The molecule has 17 heteroatoms. The lowest BCUT2D eigenvalue weighted by molar-refractivity contribution is -0.344. The number of hydrogen-bond donors (Lipinski definition) is 2. The van der Waals surface area contributed by atoms with Crippen LogP contribution in [0.2, 0.25) is 0 Å². The SMILES string of the molecule is CO[C@@H]1[C@@H](O[C@@H]2O[C@@H](C)[C@@H](O[C@H]3C[C@@](C)(O)[C@@H](OC(=O)CC(C)C)[C@@H](C)O3)[C@H](N(C)C)[C@H]2O)[C@@H](CC=O)C[C@@H](C)C(=O)/C=C\[C@@H]2O[C@@H]2C[C@@H](C)OC(=O)C[C@H]1OC(C)=O. The summed E-state index contributed by atoms with van der Waals surface area (Å²) in [6.45, 7) is 13.4. The molecule has 0 radical (unpaired) electrons. The van der Waals surface area contributed by atoms with Crippen molar-refractivity contribution in [2.24, 2.45) is 17.8 Å². The number of carbonyl (C=O) groups is 5. The number of methoxy groups -OCH3 is 1. The summed E-state index contributed by atoms with van der Waals surface area (Å²) in [5, 5.41) is 23.5. The van der Waals surface area contributed by atoms with Crippen LogP contribution in [0.4, 0.5) is 0 Å². The van der Waals surface area contributed by atoms with Crippen LogP contribution in [-0.4, -0.2) is 158 Å². The van der Waals surface area contributed by atoms with Gasteiger partial charge in [-0.25, -0.2) is 0 Å². The summed E-state index contributed by atoms with van der Waals surface area (Å²) in [7, 11) is 4.82. The van der Waals surface area contributed by atoms with Gasteiger partial charge in [0.2, 0.25) is 0 Å². The van der Waals surface area contributed by atoms with E-state index in [0.29, 0.717) is 12.7 Å². The summed E-state index contributed by atoms with van der Waals surface area (Å²) >= 11 is 0. The molecule has 0 spiro atoms. The maximum absolute atomic E-state index is 13.4. The van der Waals surface area contributed by atoms with Crippen LogP contribution in [0.3, 0.4) is 0 Å². The molecule has 0 aromatic heterocycles. The number of likely N-dealkylation sites (N-methyl/N-ethyl adjacent to an activating group) is 1. The van der Waals surface area contributed by atoms with Crippen LogP contribution >= 0.6 is 0 Å². The molecule has 0 aromatic carbocycles. The van der Waals surface area contributed by atoms with Crippen LogP contribution < -0.4 is 0 Å². The van der Waals surface area contributed by atoms with Gasteiger partial charge in [0.15, 0.2) is 24.5 Å². The van der Waals surface area contributed by atoms with Crippen molar-refractivity contribution in [3.63, 3.8) is 0 Å². The van der Waals surface area contributed by atoms with E-state index in [9.17, 15) is 34.2 Å². The Morgan fingerprint density at radius 3 is 2.29 bits per heavy atom. The van der Waals surface area contributed by atoms with Gasteiger partial charge in [-0.3, -0.25) is 19.2 Å². The number of nitrogens with zero attached hydrogens (tertiary/aromatic N) is 1. The molecule has 59 heavy (non-hydrogen) atoms. The molecule has 4 heterocycles. The maximum Gasteiger partial charge on any atom is 0.309 e. The number of aliphatic hydroxyl groups excluding tert-OH is 1. The molecule has 0 bridgehead atoms. The Morgan fingerprint density at radius 2 is 1.69 bits per heavy atom. The smallest absolute Gasteiger partial charge is 0.309 e. The normalized spacial score (nSPS) is 41.7. The van der Waals surface area contributed by atoms with Crippen molar-refractivity contribution in [2.45, 2.75) is 185 Å². The van der Waals surface area contributed by atoms with Gasteiger partial charge >= 0.3 is 17.9 Å². The second kappa shape index (κ2) is 21.3. The van der Waals surface area contributed by atoms with E-state index in [-0.39, 0.29) is 49.6 Å². The lowest BCUT2D eigenvalue weighted by Crippen LogP contribution is -2.66. The van der Waals surface area contributed by atoms with E-state index in [2.05, 4.69) is 0 Å². The van der Waals surface area contributed by atoms with Crippen molar-refractivity contribution in [1.82, 2.24) is 4.90 Å². The minimum absolute atomic E-state index is 0.0551. The molecule has 17 atom stereocenters. The minimum atomic E-state index is -1.51. The zero-order chi connectivity index (χ0) is 43.9. The summed E-state index contributed by atoms with van der Waals surface area (Å²) in [6, 6.07) is -0.800. The summed E-state index contributed by atoms with van der Waals surface area (Å²) in [5.41, 5.74) is -1.51. The Hall–Kier alpha value is -2.87. The third-order valence-corrected chi connectivity index (χ3v) is 11.4. The number of hydrogen-bond acceptors (Lipinski definition) is 17. The largest absolute Gasteiger partial charge is 0.462 e. The number of cyclic esters (lactones) is 1. The molecule has 0 aliphatic carbocycles. The average Bonchev–Trinajstić information content (AvgIpc) is 3.85. The summed E-state index contributed by atoms with van der Waals surface area (Å²) in [5.74, 6) is -3.35. The number of aliphatic hydroxyl groups is 2. The highest BCUT2D eigenvalue weighted by Gasteiger charge is 2.53. The standard InChI is InChI=1S/C42H67NO16/c1-21(2)16-32(47)57-40-25(6)53-34(20-42(40,8)50)58-37-24(5)54-41(36(49)35(37)43(9)10)59-38-27(14-15-44)17-22(3)28(46)12-13-29-30(56-29)18-23(4)52-33(48)19-31(39(38)51-11)55-26(7)45/h12-13,15,21-25,27,29-31,34-41,49-50H,14,16-20H2,1-11H3/b13-12-/t22-,23-,24+,25-,27+,29+,30-,31-,34+,35-,36-,37-,38+,39+,40+,41+,42-/m1/s1. The van der Waals surface area contributed by atoms with Gasteiger partial charge in [0.1, 0.15) is 48.5 Å². The Morgan fingerprint density at radius 1 is 1.00 bits per heavy atom. The van der Waals surface area contributed by atoms with E-state index in [1.807, 2.05) is 13.8 Å². The van der Waals surface area contributed by atoms with Gasteiger partial charge < -0.3 is 62.5 Å². The molecule has 3 saturated heterocycles. The third-order valence-electron chi connectivity index (χ3n) is 11.4. The van der Waals surface area contributed by atoms with Gasteiger partial charge in [-0.05, 0) is 72.2 Å². The number of rotatable bonds is 12. The molecule has 2 N–H and O–H groups in total. The molecular weight excluding hydrogens is 774 g/mol. The number of aldehydes is 1. The number of allylic oxidation sites excluding steroid dienone is 1. The Labute approximate surface area is 347 Å². The molecule has 336 valence electrons. The van der Waals surface area contributed by atoms with E-state index >= 15 is 0 Å². The first-order valence-corrected chi connectivity index (χ1v) is 20.7. The number of ketones is 1. The van der Waals surface area contributed by atoms with E-state index < -0.39 is 115 Å². The van der Waals surface area contributed by atoms with Crippen molar-refractivity contribution < 1.29 is 76.8 Å². The topological polar surface area (TPSA) is 215 Å². The molecule has 4 rings (SSSR count). The number of carbonyl (C=O) groups excluding carboxylic acids is 5.